The monoisotopic (exact) mass is 305 g/mol. The number of hydrogen-bond donors (Lipinski definition) is 1. The highest BCUT2D eigenvalue weighted by atomic mass is 79.9. The normalized spacial score (nSPS) is 20.0. The van der Waals surface area contributed by atoms with Crippen LogP contribution in [0.25, 0.3) is 0 Å². The molecule has 1 aliphatic rings. The number of piperidine rings is 1. The van der Waals surface area contributed by atoms with Gasteiger partial charge in [0.2, 0.25) is 0 Å². The molecule has 0 unspecified atom stereocenters. The van der Waals surface area contributed by atoms with Crippen LogP contribution in [0.4, 0.5) is 0 Å². The molecule has 0 amide bonds. The third kappa shape index (κ3) is 3.12. The first kappa shape index (κ1) is 13.8. The number of halogens is 2. The maximum absolute atomic E-state index is 5.39. The van der Waals surface area contributed by atoms with Gasteiger partial charge in [-0.2, -0.15) is 0 Å². The molecule has 2 nitrogen and oxygen atoms in total. The summed E-state index contributed by atoms with van der Waals surface area (Å²) in [6.45, 7) is 1.11. The Kier molecular flexibility index (Phi) is 5.59. The van der Waals surface area contributed by atoms with E-state index in [-0.39, 0.29) is 12.4 Å². The van der Waals surface area contributed by atoms with E-state index in [1.165, 1.54) is 24.8 Å². The van der Waals surface area contributed by atoms with Gasteiger partial charge >= 0.3 is 0 Å². The van der Waals surface area contributed by atoms with Crippen molar-refractivity contribution in [2.24, 2.45) is 0 Å². The van der Waals surface area contributed by atoms with Gasteiger partial charge in [0.25, 0.3) is 0 Å². The maximum atomic E-state index is 5.39. The quantitative estimate of drug-likeness (QED) is 0.899. The van der Waals surface area contributed by atoms with Gasteiger partial charge in [0.05, 0.1) is 7.11 Å². The molecule has 1 heterocycles. The molecular weight excluding hydrogens is 289 g/mol. The van der Waals surface area contributed by atoms with Crippen molar-refractivity contribution in [2.75, 3.05) is 13.7 Å². The van der Waals surface area contributed by atoms with Crippen molar-refractivity contribution < 1.29 is 4.74 Å². The standard InChI is InChI=1S/C12H16BrNO.ClH/c1-15-12-6-5-9(13)8-10(12)11-4-2-3-7-14-11;/h5-6,8,11,14H,2-4,7H2,1H3;1H/t11-;/m1./s1. The van der Waals surface area contributed by atoms with Gasteiger partial charge in [-0.3, -0.25) is 0 Å². The first-order valence-corrected chi connectivity index (χ1v) is 6.17. The third-order valence-electron chi connectivity index (χ3n) is 2.88. The number of rotatable bonds is 2. The van der Waals surface area contributed by atoms with E-state index in [1.807, 2.05) is 12.1 Å². The van der Waals surface area contributed by atoms with E-state index in [9.17, 15) is 0 Å². The van der Waals surface area contributed by atoms with Crippen LogP contribution in [0, 0.1) is 0 Å². The van der Waals surface area contributed by atoms with Crippen LogP contribution < -0.4 is 10.1 Å². The lowest BCUT2D eigenvalue weighted by molar-refractivity contribution is 0.373. The van der Waals surface area contributed by atoms with Crippen LogP contribution in [0.1, 0.15) is 30.9 Å². The lowest BCUT2D eigenvalue weighted by Gasteiger charge is -2.25. The molecule has 0 bridgehead atoms. The number of hydrogen-bond acceptors (Lipinski definition) is 2. The van der Waals surface area contributed by atoms with Gasteiger partial charge < -0.3 is 10.1 Å². The van der Waals surface area contributed by atoms with Crippen molar-refractivity contribution in [3.63, 3.8) is 0 Å². The smallest absolute Gasteiger partial charge is 0.123 e. The van der Waals surface area contributed by atoms with Gasteiger partial charge in [-0.1, -0.05) is 22.4 Å². The third-order valence-corrected chi connectivity index (χ3v) is 3.37. The molecule has 0 saturated carbocycles. The summed E-state index contributed by atoms with van der Waals surface area (Å²) in [5, 5.41) is 3.54. The van der Waals surface area contributed by atoms with Gasteiger partial charge in [0, 0.05) is 16.1 Å². The summed E-state index contributed by atoms with van der Waals surface area (Å²) in [7, 11) is 1.73. The van der Waals surface area contributed by atoms with E-state index in [0.29, 0.717) is 6.04 Å². The van der Waals surface area contributed by atoms with Gasteiger partial charge in [-0.15, -0.1) is 12.4 Å². The summed E-state index contributed by atoms with van der Waals surface area (Å²) in [5.74, 6) is 0.984. The van der Waals surface area contributed by atoms with Crippen LogP contribution in [0.5, 0.6) is 5.75 Å². The van der Waals surface area contributed by atoms with Crippen LogP contribution in [0.15, 0.2) is 22.7 Å². The number of nitrogens with one attached hydrogen (secondary N) is 1. The Morgan fingerprint density at radius 1 is 1.38 bits per heavy atom. The second-order valence-corrected chi connectivity index (χ2v) is 4.80. The second-order valence-electron chi connectivity index (χ2n) is 3.89. The highest BCUT2D eigenvalue weighted by Crippen LogP contribution is 2.32. The largest absolute Gasteiger partial charge is 0.496 e. The van der Waals surface area contributed by atoms with E-state index in [0.717, 1.165) is 16.8 Å². The van der Waals surface area contributed by atoms with Gasteiger partial charge in [0.1, 0.15) is 5.75 Å². The fraction of sp³-hybridized carbons (Fsp3) is 0.500. The average molecular weight is 307 g/mol. The van der Waals surface area contributed by atoms with Gasteiger partial charge in [-0.25, -0.2) is 0 Å². The molecule has 4 heteroatoms. The predicted molar refractivity (Wildman–Crippen MR) is 72.5 cm³/mol. The van der Waals surface area contributed by atoms with Crippen LogP contribution in [-0.4, -0.2) is 13.7 Å². The fourth-order valence-electron chi connectivity index (χ4n) is 2.09. The zero-order valence-corrected chi connectivity index (χ0v) is 11.7. The summed E-state index contributed by atoms with van der Waals surface area (Å²) in [6, 6.07) is 6.65. The molecule has 1 saturated heterocycles. The van der Waals surface area contributed by atoms with Crippen molar-refractivity contribution in [3.05, 3.63) is 28.2 Å². The molecule has 1 aromatic rings. The van der Waals surface area contributed by atoms with E-state index < -0.39 is 0 Å². The number of ether oxygens (including phenoxy) is 1. The van der Waals surface area contributed by atoms with Crippen LogP contribution in [-0.2, 0) is 0 Å². The molecule has 2 rings (SSSR count). The van der Waals surface area contributed by atoms with E-state index in [4.69, 9.17) is 4.74 Å². The summed E-state index contributed by atoms with van der Waals surface area (Å²) in [4.78, 5) is 0. The van der Waals surface area contributed by atoms with Crippen LogP contribution >= 0.6 is 28.3 Å². The second kappa shape index (κ2) is 6.48. The molecule has 90 valence electrons. The molecule has 1 atom stereocenters. The lowest BCUT2D eigenvalue weighted by atomic mass is 9.97. The lowest BCUT2D eigenvalue weighted by Crippen LogP contribution is -2.27. The molecular formula is C12H17BrClNO. The Morgan fingerprint density at radius 3 is 2.81 bits per heavy atom. The summed E-state index contributed by atoms with van der Waals surface area (Å²) < 4.78 is 6.51. The van der Waals surface area contributed by atoms with E-state index in [2.05, 4.69) is 27.3 Å². The minimum Gasteiger partial charge on any atom is -0.496 e. The Labute approximate surface area is 111 Å². The Balaban J connectivity index is 0.00000128. The van der Waals surface area contributed by atoms with Crippen molar-refractivity contribution >= 4 is 28.3 Å². The molecule has 0 radical (unpaired) electrons. The first-order valence-electron chi connectivity index (χ1n) is 5.38. The highest BCUT2D eigenvalue weighted by Gasteiger charge is 2.18. The SMILES string of the molecule is COc1ccc(Br)cc1[C@H]1CCCCN1.Cl. The van der Waals surface area contributed by atoms with Crippen molar-refractivity contribution in [2.45, 2.75) is 25.3 Å². The number of methoxy groups -OCH3 is 1. The first-order chi connectivity index (χ1) is 7.31. The molecule has 1 N–H and O–H groups in total. The fourth-order valence-corrected chi connectivity index (χ4v) is 2.47. The van der Waals surface area contributed by atoms with E-state index in [1.54, 1.807) is 7.11 Å². The predicted octanol–water partition coefficient (Wildman–Crippen LogP) is 3.69. The van der Waals surface area contributed by atoms with Crippen LogP contribution in [0.3, 0.4) is 0 Å². The van der Waals surface area contributed by atoms with Crippen molar-refractivity contribution in [3.8, 4) is 5.75 Å². The van der Waals surface area contributed by atoms with Crippen molar-refractivity contribution in [1.82, 2.24) is 5.32 Å². The molecule has 0 aliphatic carbocycles. The van der Waals surface area contributed by atoms with Crippen LogP contribution in [0.2, 0.25) is 0 Å². The van der Waals surface area contributed by atoms with Gasteiger partial charge in [0.15, 0.2) is 0 Å². The molecule has 1 aliphatic heterocycles. The molecule has 1 fully saturated rings. The average Bonchev–Trinajstić information content (AvgIpc) is 2.30. The summed E-state index contributed by atoms with van der Waals surface area (Å²) in [6.07, 6.45) is 3.78. The summed E-state index contributed by atoms with van der Waals surface area (Å²) >= 11 is 3.51. The zero-order chi connectivity index (χ0) is 10.7. The Bertz CT molecular complexity index is 340. The maximum Gasteiger partial charge on any atom is 0.123 e. The summed E-state index contributed by atoms with van der Waals surface area (Å²) in [5.41, 5.74) is 1.27. The topological polar surface area (TPSA) is 21.3 Å². The molecule has 0 aromatic heterocycles. The van der Waals surface area contributed by atoms with E-state index >= 15 is 0 Å². The zero-order valence-electron chi connectivity index (χ0n) is 9.33. The Hall–Kier alpha value is -0.250. The van der Waals surface area contributed by atoms with Gasteiger partial charge in [-0.05, 0) is 37.6 Å². The van der Waals surface area contributed by atoms with Crippen molar-refractivity contribution in [1.29, 1.82) is 0 Å². The number of benzene rings is 1. The molecule has 0 spiro atoms. The Morgan fingerprint density at radius 2 is 2.19 bits per heavy atom. The minimum absolute atomic E-state index is 0. The molecule has 1 aromatic carbocycles. The minimum atomic E-state index is 0. The highest BCUT2D eigenvalue weighted by molar-refractivity contribution is 9.10. The molecule has 16 heavy (non-hydrogen) atoms.